The highest BCUT2D eigenvalue weighted by Gasteiger charge is 2.32. The van der Waals surface area contributed by atoms with Gasteiger partial charge in [0.1, 0.15) is 23.9 Å². The van der Waals surface area contributed by atoms with Crippen LogP contribution in [0.2, 0.25) is 5.02 Å². The van der Waals surface area contributed by atoms with Crippen molar-refractivity contribution in [3.8, 4) is 11.5 Å². The zero-order chi connectivity index (χ0) is 19.0. The molecule has 5 nitrogen and oxygen atoms in total. The number of likely N-dealkylation sites (tertiary alicyclic amines) is 1. The Morgan fingerprint density at radius 3 is 2.85 bits per heavy atom. The molecule has 0 aromatic heterocycles. The topological polar surface area (TPSA) is 55.8 Å². The smallest absolute Gasteiger partial charge is 0.253 e. The number of fused-ring (bicyclic) bond motifs is 1. The first-order chi connectivity index (χ1) is 13.0. The molecule has 0 atom stereocenters. The Morgan fingerprint density at radius 2 is 2.07 bits per heavy atom. The van der Waals surface area contributed by atoms with E-state index >= 15 is 0 Å². The maximum Gasteiger partial charge on any atom is 0.253 e. The minimum absolute atomic E-state index is 0.00714. The number of amides is 1. The molecule has 2 heterocycles. The summed E-state index contributed by atoms with van der Waals surface area (Å²) in [5.74, 6) is 0.807. The van der Waals surface area contributed by atoms with Crippen molar-refractivity contribution in [2.45, 2.75) is 6.42 Å². The van der Waals surface area contributed by atoms with Crippen molar-refractivity contribution in [2.75, 3.05) is 26.3 Å². The van der Waals surface area contributed by atoms with E-state index in [-0.39, 0.29) is 29.2 Å². The second-order valence-electron chi connectivity index (χ2n) is 6.79. The average Bonchev–Trinajstić information content (AvgIpc) is 2.61. The standard InChI is InChI=1S/C20H17ClFNO4/c21-17-7-15(22)2-4-19(17)26-10-12-8-23(9-12)20(25)13-1-3-18-14(5-13)6-16(24)11-27-18/h1-5,7,12H,6,8-11H2. The average molecular weight is 390 g/mol. The zero-order valence-corrected chi connectivity index (χ0v) is 15.2. The summed E-state index contributed by atoms with van der Waals surface area (Å²) in [6.07, 6.45) is 0.297. The van der Waals surface area contributed by atoms with Crippen LogP contribution in [0.1, 0.15) is 15.9 Å². The van der Waals surface area contributed by atoms with Crippen LogP contribution in [0.4, 0.5) is 4.39 Å². The number of ketones is 1. The first-order valence-corrected chi connectivity index (χ1v) is 9.02. The van der Waals surface area contributed by atoms with Gasteiger partial charge in [-0.3, -0.25) is 9.59 Å². The molecule has 7 heteroatoms. The number of benzene rings is 2. The summed E-state index contributed by atoms with van der Waals surface area (Å²) in [5.41, 5.74) is 1.30. The quantitative estimate of drug-likeness (QED) is 0.806. The van der Waals surface area contributed by atoms with Crippen molar-refractivity contribution >= 4 is 23.3 Å². The molecular weight excluding hydrogens is 373 g/mol. The van der Waals surface area contributed by atoms with E-state index in [1.54, 1.807) is 23.1 Å². The fourth-order valence-corrected chi connectivity index (χ4v) is 3.46. The Morgan fingerprint density at radius 1 is 1.26 bits per heavy atom. The van der Waals surface area contributed by atoms with Gasteiger partial charge in [-0.05, 0) is 36.4 Å². The lowest BCUT2D eigenvalue weighted by Gasteiger charge is -2.39. The fraction of sp³-hybridized carbons (Fsp3) is 0.300. The maximum absolute atomic E-state index is 13.0. The normalized spacial score (nSPS) is 16.4. The van der Waals surface area contributed by atoms with Crippen LogP contribution >= 0.6 is 11.6 Å². The summed E-state index contributed by atoms with van der Waals surface area (Å²) in [4.78, 5) is 25.9. The molecule has 140 valence electrons. The Bertz CT molecular complexity index is 911. The summed E-state index contributed by atoms with van der Waals surface area (Å²) in [7, 11) is 0. The third-order valence-corrected chi connectivity index (χ3v) is 4.99. The van der Waals surface area contributed by atoms with Gasteiger partial charge in [0, 0.05) is 36.6 Å². The molecule has 1 fully saturated rings. The molecular formula is C20H17ClFNO4. The molecule has 2 aliphatic rings. The summed E-state index contributed by atoms with van der Waals surface area (Å²) >= 11 is 5.94. The largest absolute Gasteiger partial charge is 0.492 e. The Hall–Kier alpha value is -2.60. The van der Waals surface area contributed by atoms with Gasteiger partial charge in [-0.25, -0.2) is 4.39 Å². The molecule has 0 bridgehead atoms. The molecule has 0 unspecified atom stereocenters. The second kappa shape index (κ2) is 7.19. The van der Waals surface area contributed by atoms with Crippen LogP contribution in [0.15, 0.2) is 36.4 Å². The van der Waals surface area contributed by atoms with Gasteiger partial charge in [0.2, 0.25) is 0 Å². The molecule has 0 aliphatic carbocycles. The number of carbonyl (C=O) groups is 2. The van der Waals surface area contributed by atoms with Crippen LogP contribution < -0.4 is 9.47 Å². The number of hydrogen-bond donors (Lipinski definition) is 0. The van der Waals surface area contributed by atoms with E-state index in [9.17, 15) is 14.0 Å². The van der Waals surface area contributed by atoms with E-state index < -0.39 is 5.82 Å². The van der Waals surface area contributed by atoms with Crippen molar-refractivity contribution in [2.24, 2.45) is 5.92 Å². The third kappa shape index (κ3) is 3.76. The summed E-state index contributed by atoms with van der Waals surface area (Å²) < 4.78 is 24.0. The van der Waals surface area contributed by atoms with Gasteiger partial charge >= 0.3 is 0 Å². The molecule has 1 saturated heterocycles. The predicted octanol–water partition coefficient (Wildman–Crippen LogP) is 3.13. The number of ether oxygens (including phenoxy) is 2. The van der Waals surface area contributed by atoms with Crippen molar-refractivity contribution in [3.05, 3.63) is 58.4 Å². The molecule has 2 aromatic carbocycles. The highest BCUT2D eigenvalue weighted by Crippen LogP contribution is 2.28. The molecule has 0 spiro atoms. The van der Waals surface area contributed by atoms with E-state index in [0.29, 0.717) is 43.2 Å². The molecule has 0 radical (unpaired) electrons. The number of rotatable bonds is 4. The summed E-state index contributed by atoms with van der Waals surface area (Å²) in [5, 5.41) is 0.230. The number of Topliss-reactive ketones (excluding diaryl/α,β-unsaturated/α-hetero) is 1. The number of hydrogen-bond acceptors (Lipinski definition) is 4. The zero-order valence-electron chi connectivity index (χ0n) is 14.4. The Balaban J connectivity index is 1.32. The van der Waals surface area contributed by atoms with Crippen LogP contribution in [0.5, 0.6) is 11.5 Å². The van der Waals surface area contributed by atoms with E-state index in [0.717, 1.165) is 5.56 Å². The van der Waals surface area contributed by atoms with Crippen molar-refractivity contribution in [1.29, 1.82) is 0 Å². The van der Waals surface area contributed by atoms with Gasteiger partial charge in [0.05, 0.1) is 11.6 Å². The van der Waals surface area contributed by atoms with Crippen molar-refractivity contribution in [3.63, 3.8) is 0 Å². The molecule has 0 N–H and O–H groups in total. The van der Waals surface area contributed by atoms with Crippen LogP contribution in [-0.2, 0) is 11.2 Å². The number of halogens is 2. The minimum atomic E-state index is -0.412. The molecule has 27 heavy (non-hydrogen) atoms. The van der Waals surface area contributed by atoms with Crippen LogP contribution in [0.3, 0.4) is 0 Å². The number of carbonyl (C=O) groups excluding carboxylic acids is 2. The van der Waals surface area contributed by atoms with E-state index in [1.807, 2.05) is 0 Å². The van der Waals surface area contributed by atoms with E-state index in [2.05, 4.69) is 0 Å². The lowest BCUT2D eigenvalue weighted by Crippen LogP contribution is -2.52. The Labute approximate surface area is 160 Å². The van der Waals surface area contributed by atoms with Crippen molar-refractivity contribution in [1.82, 2.24) is 4.90 Å². The van der Waals surface area contributed by atoms with Gasteiger partial charge in [-0.2, -0.15) is 0 Å². The monoisotopic (exact) mass is 389 g/mol. The van der Waals surface area contributed by atoms with Gasteiger partial charge in [-0.15, -0.1) is 0 Å². The highest BCUT2D eigenvalue weighted by atomic mass is 35.5. The Kier molecular flexibility index (Phi) is 4.74. The molecule has 4 rings (SSSR count). The minimum Gasteiger partial charge on any atom is -0.492 e. The molecule has 0 saturated carbocycles. The summed E-state index contributed by atoms with van der Waals surface area (Å²) in [6.45, 7) is 1.64. The van der Waals surface area contributed by atoms with Crippen LogP contribution in [0.25, 0.3) is 0 Å². The van der Waals surface area contributed by atoms with Gasteiger partial charge < -0.3 is 14.4 Å². The van der Waals surface area contributed by atoms with Gasteiger partial charge in [0.15, 0.2) is 5.78 Å². The van der Waals surface area contributed by atoms with E-state index in [4.69, 9.17) is 21.1 Å². The lowest BCUT2D eigenvalue weighted by molar-refractivity contribution is -0.121. The second-order valence-corrected chi connectivity index (χ2v) is 7.20. The fourth-order valence-electron chi connectivity index (χ4n) is 3.24. The molecule has 2 aromatic rings. The highest BCUT2D eigenvalue weighted by molar-refractivity contribution is 6.32. The van der Waals surface area contributed by atoms with Gasteiger partial charge in [0.25, 0.3) is 5.91 Å². The van der Waals surface area contributed by atoms with Crippen LogP contribution in [-0.4, -0.2) is 42.9 Å². The van der Waals surface area contributed by atoms with E-state index in [1.165, 1.54) is 18.2 Å². The molecule has 1 amide bonds. The lowest BCUT2D eigenvalue weighted by atomic mass is 9.98. The molecule has 2 aliphatic heterocycles. The summed E-state index contributed by atoms with van der Waals surface area (Å²) in [6, 6.07) is 9.19. The predicted molar refractivity (Wildman–Crippen MR) is 96.9 cm³/mol. The first-order valence-electron chi connectivity index (χ1n) is 8.64. The third-order valence-electron chi connectivity index (χ3n) is 4.70. The first kappa shape index (κ1) is 17.8. The van der Waals surface area contributed by atoms with Gasteiger partial charge in [-0.1, -0.05) is 11.6 Å². The SMILES string of the molecule is O=C1COc2ccc(C(=O)N3CC(COc4ccc(F)cc4Cl)C3)cc2C1. The number of nitrogens with zero attached hydrogens (tertiary/aromatic N) is 1. The van der Waals surface area contributed by atoms with Crippen LogP contribution in [0, 0.1) is 11.7 Å². The van der Waals surface area contributed by atoms with Crippen molar-refractivity contribution < 1.29 is 23.5 Å². The maximum atomic E-state index is 13.0.